The Morgan fingerprint density at radius 1 is 0.725 bits per heavy atom. The smallest absolute Gasteiger partial charge is 0.265 e. The van der Waals surface area contributed by atoms with Gasteiger partial charge in [0.25, 0.3) is 5.91 Å². The van der Waals surface area contributed by atoms with Crippen LogP contribution in [-0.4, -0.2) is 21.5 Å². The highest BCUT2D eigenvalue weighted by Crippen LogP contribution is 2.50. The Balaban J connectivity index is 1.65. The SMILES string of the molecule is Cc1c(-c2ccccc2)c(-c2ccccc2)c2c(c1-c1ccccc1)-c1nc3c(n1C2=O)=CCC(N=C=O)=CC=3. The third-order valence-corrected chi connectivity index (χ3v) is 7.65. The van der Waals surface area contributed by atoms with Crippen molar-refractivity contribution in [2.24, 2.45) is 4.99 Å². The second-order valence-electron chi connectivity index (χ2n) is 9.88. The summed E-state index contributed by atoms with van der Waals surface area (Å²) in [6, 6.07) is 30.6. The molecule has 0 N–H and O–H groups in total. The summed E-state index contributed by atoms with van der Waals surface area (Å²) in [6.45, 7) is 2.14. The maximum absolute atomic E-state index is 14.6. The molecule has 1 aliphatic carbocycles. The van der Waals surface area contributed by atoms with Crippen LogP contribution in [0.4, 0.5) is 0 Å². The van der Waals surface area contributed by atoms with E-state index in [0.717, 1.165) is 44.5 Å². The van der Waals surface area contributed by atoms with Crippen LogP contribution in [0.1, 0.15) is 22.3 Å². The monoisotopic (exact) mass is 517 g/mol. The van der Waals surface area contributed by atoms with E-state index >= 15 is 0 Å². The van der Waals surface area contributed by atoms with Gasteiger partial charge in [-0.2, -0.15) is 4.99 Å². The number of aliphatic imine (C=N–C) groups is 1. The number of fused-ring (bicyclic) bond motifs is 5. The highest BCUT2D eigenvalue weighted by atomic mass is 16.2. The molecule has 5 heteroatoms. The molecule has 0 amide bonds. The number of allylic oxidation sites excluding steroid dienone is 2. The van der Waals surface area contributed by atoms with Crippen LogP contribution in [0.2, 0.25) is 0 Å². The Morgan fingerprint density at radius 3 is 1.85 bits per heavy atom. The van der Waals surface area contributed by atoms with E-state index in [1.807, 2.05) is 66.7 Å². The van der Waals surface area contributed by atoms with Crippen LogP contribution in [0.5, 0.6) is 0 Å². The zero-order chi connectivity index (χ0) is 27.2. The summed E-state index contributed by atoms with van der Waals surface area (Å²) in [5.41, 5.74) is 9.16. The molecule has 5 aromatic rings. The molecular weight excluding hydrogens is 494 g/mol. The number of rotatable bonds is 4. The summed E-state index contributed by atoms with van der Waals surface area (Å²) < 4.78 is 1.73. The molecule has 0 atom stereocenters. The van der Waals surface area contributed by atoms with E-state index in [2.05, 4.69) is 48.3 Å². The van der Waals surface area contributed by atoms with Crippen molar-refractivity contribution in [3.63, 3.8) is 0 Å². The zero-order valence-corrected chi connectivity index (χ0v) is 21.8. The van der Waals surface area contributed by atoms with Crippen molar-refractivity contribution >= 4 is 24.1 Å². The molecule has 0 saturated heterocycles. The number of carbonyl (C=O) groups is 1. The molecule has 40 heavy (non-hydrogen) atoms. The van der Waals surface area contributed by atoms with Crippen molar-refractivity contribution in [1.82, 2.24) is 9.55 Å². The molecule has 0 radical (unpaired) electrons. The highest BCUT2D eigenvalue weighted by Gasteiger charge is 2.37. The third-order valence-electron chi connectivity index (χ3n) is 7.65. The van der Waals surface area contributed by atoms with Gasteiger partial charge < -0.3 is 0 Å². The summed E-state index contributed by atoms with van der Waals surface area (Å²) >= 11 is 0. The fourth-order valence-corrected chi connectivity index (χ4v) is 5.98. The minimum Gasteiger partial charge on any atom is -0.268 e. The maximum atomic E-state index is 14.6. The largest absolute Gasteiger partial charge is 0.268 e. The minimum absolute atomic E-state index is 0.112. The molecule has 0 bridgehead atoms. The Bertz CT molecular complexity index is 2030. The van der Waals surface area contributed by atoms with Crippen LogP contribution in [0.15, 0.2) is 108 Å². The van der Waals surface area contributed by atoms with Crippen LogP contribution >= 0.6 is 0 Å². The van der Waals surface area contributed by atoms with Gasteiger partial charge in [0.05, 0.1) is 22.0 Å². The van der Waals surface area contributed by atoms with E-state index in [4.69, 9.17) is 4.98 Å². The predicted octanol–water partition coefficient (Wildman–Crippen LogP) is 6.05. The zero-order valence-electron chi connectivity index (χ0n) is 21.8. The first-order valence-electron chi connectivity index (χ1n) is 13.2. The van der Waals surface area contributed by atoms with Gasteiger partial charge in [-0.25, -0.2) is 9.78 Å². The van der Waals surface area contributed by atoms with Gasteiger partial charge in [-0.1, -0.05) is 97.1 Å². The van der Waals surface area contributed by atoms with Crippen LogP contribution < -0.4 is 10.7 Å². The summed E-state index contributed by atoms with van der Waals surface area (Å²) in [5.74, 6) is 0.519. The second-order valence-corrected chi connectivity index (χ2v) is 9.88. The van der Waals surface area contributed by atoms with E-state index in [-0.39, 0.29) is 5.91 Å². The van der Waals surface area contributed by atoms with E-state index in [1.54, 1.807) is 16.7 Å². The van der Waals surface area contributed by atoms with Crippen molar-refractivity contribution in [3.8, 4) is 44.8 Å². The van der Waals surface area contributed by atoms with Crippen LogP contribution in [0.3, 0.4) is 0 Å². The van der Waals surface area contributed by atoms with E-state index < -0.39 is 0 Å². The predicted molar refractivity (Wildman–Crippen MR) is 157 cm³/mol. The Hall–Kier alpha value is -5.38. The molecule has 1 aliphatic heterocycles. The van der Waals surface area contributed by atoms with Crippen LogP contribution in [-0.2, 0) is 4.79 Å². The number of aromatic nitrogens is 2. The van der Waals surface area contributed by atoms with Crippen LogP contribution in [0, 0.1) is 6.92 Å². The fourth-order valence-electron chi connectivity index (χ4n) is 5.98. The van der Waals surface area contributed by atoms with E-state index in [0.29, 0.717) is 34.2 Å². The Morgan fingerprint density at radius 2 is 1.27 bits per heavy atom. The van der Waals surface area contributed by atoms with Gasteiger partial charge in [-0.05, 0) is 52.5 Å². The molecule has 0 spiro atoms. The number of carbonyl (C=O) groups excluding carboxylic acids is 2. The lowest BCUT2D eigenvalue weighted by Crippen LogP contribution is -2.32. The summed E-state index contributed by atoms with van der Waals surface area (Å²) in [7, 11) is 0. The topological polar surface area (TPSA) is 64.3 Å². The Kier molecular flexibility index (Phi) is 5.59. The number of nitrogens with zero attached hydrogens (tertiary/aromatic N) is 3. The number of hydrogen-bond donors (Lipinski definition) is 0. The third kappa shape index (κ3) is 3.57. The first kappa shape index (κ1) is 23.7. The number of isocyanates is 1. The fraction of sp³-hybridized carbons (Fsp3) is 0.0571. The molecule has 0 saturated carbocycles. The lowest BCUT2D eigenvalue weighted by Gasteiger charge is -2.22. The lowest BCUT2D eigenvalue weighted by molar-refractivity contribution is 0.0966. The van der Waals surface area contributed by atoms with Gasteiger partial charge in [0.2, 0.25) is 6.08 Å². The molecule has 0 fully saturated rings. The van der Waals surface area contributed by atoms with Gasteiger partial charge in [0.1, 0.15) is 5.82 Å². The molecular formula is C35H23N3O2. The first-order valence-corrected chi connectivity index (χ1v) is 13.2. The first-order chi connectivity index (χ1) is 19.7. The second kappa shape index (κ2) is 9.42. The quantitative estimate of drug-likeness (QED) is 0.211. The molecule has 5 nitrogen and oxygen atoms in total. The molecule has 7 rings (SSSR count). The average molecular weight is 518 g/mol. The number of imidazole rings is 1. The van der Waals surface area contributed by atoms with Crippen molar-refractivity contribution in [2.45, 2.75) is 13.3 Å². The molecule has 0 unspecified atom stereocenters. The van der Waals surface area contributed by atoms with Gasteiger partial charge >= 0.3 is 0 Å². The van der Waals surface area contributed by atoms with Gasteiger partial charge in [-0.3, -0.25) is 9.36 Å². The van der Waals surface area contributed by atoms with E-state index in [9.17, 15) is 9.59 Å². The maximum Gasteiger partial charge on any atom is 0.265 e. The minimum atomic E-state index is -0.112. The number of benzene rings is 4. The molecule has 2 heterocycles. The van der Waals surface area contributed by atoms with Gasteiger partial charge in [0, 0.05) is 17.5 Å². The standard InChI is InChI=1S/C35H23N3O2/c1-22-29(23-11-5-2-6-12-23)31(25-15-9-4-10-16-25)33-32(30(22)24-13-7-3-8-14-24)34-37-27-19-17-26(36-21-39)18-20-28(27)38(34)35(33)40/h2-17,19-20H,18H2,1H3. The highest BCUT2D eigenvalue weighted by molar-refractivity contribution is 6.19. The van der Waals surface area contributed by atoms with Gasteiger partial charge in [0.15, 0.2) is 0 Å². The van der Waals surface area contributed by atoms with E-state index in [1.165, 1.54) is 0 Å². The lowest BCUT2D eigenvalue weighted by atomic mass is 9.80. The molecule has 2 aliphatic rings. The van der Waals surface area contributed by atoms with Crippen molar-refractivity contribution in [1.29, 1.82) is 0 Å². The molecule has 1 aromatic heterocycles. The average Bonchev–Trinajstić information content (AvgIpc) is 3.41. The summed E-state index contributed by atoms with van der Waals surface area (Å²) in [5, 5.41) is 1.38. The molecule has 4 aromatic carbocycles. The Labute approximate surface area is 230 Å². The van der Waals surface area contributed by atoms with Gasteiger partial charge in [-0.15, -0.1) is 0 Å². The van der Waals surface area contributed by atoms with Crippen molar-refractivity contribution < 1.29 is 9.59 Å². The van der Waals surface area contributed by atoms with Crippen molar-refractivity contribution in [3.05, 3.63) is 125 Å². The normalized spacial score (nSPS) is 13.1. The summed E-state index contributed by atoms with van der Waals surface area (Å²) in [6.07, 6.45) is 7.51. The summed E-state index contributed by atoms with van der Waals surface area (Å²) in [4.78, 5) is 34.3. The van der Waals surface area contributed by atoms with Crippen molar-refractivity contribution in [2.75, 3.05) is 0 Å². The van der Waals surface area contributed by atoms with Crippen LogP contribution in [0.25, 0.3) is 56.9 Å². The molecule has 190 valence electrons. The number of hydrogen-bond acceptors (Lipinski definition) is 4.